The molecule has 0 amide bonds. The van der Waals surface area contributed by atoms with Gasteiger partial charge in [-0.15, -0.1) is 0 Å². The summed E-state index contributed by atoms with van der Waals surface area (Å²) in [5.41, 5.74) is 0.995. The van der Waals surface area contributed by atoms with E-state index in [1.54, 1.807) is 0 Å². The minimum atomic E-state index is 0.358. The maximum Gasteiger partial charge on any atom is 0.0612 e. The highest BCUT2D eigenvalue weighted by atomic mass is 16.5. The molecule has 1 N–H and O–H groups in total. The van der Waals surface area contributed by atoms with Gasteiger partial charge in [0.15, 0.2) is 0 Å². The maximum atomic E-state index is 9.21. The van der Waals surface area contributed by atoms with Gasteiger partial charge in [-0.05, 0) is 104 Å². The van der Waals surface area contributed by atoms with Gasteiger partial charge < -0.3 is 9.84 Å². The number of ether oxygens (including phenoxy) is 1. The first-order chi connectivity index (χ1) is 14.9. The van der Waals surface area contributed by atoms with Crippen LogP contribution in [0.4, 0.5) is 0 Å². The average molecular weight is 437 g/mol. The Morgan fingerprint density at radius 3 is 2.26 bits per heavy atom. The molecular formula is C29H56O2. The van der Waals surface area contributed by atoms with Crippen molar-refractivity contribution in [3.05, 3.63) is 0 Å². The molecular weight excluding hydrogens is 380 g/mol. The summed E-state index contributed by atoms with van der Waals surface area (Å²) in [5, 5.41) is 9.21. The van der Waals surface area contributed by atoms with E-state index in [9.17, 15) is 5.11 Å². The zero-order valence-corrected chi connectivity index (χ0v) is 22.4. The van der Waals surface area contributed by atoms with Crippen LogP contribution in [0.3, 0.4) is 0 Å². The molecule has 0 saturated heterocycles. The molecule has 2 heteroatoms. The summed E-state index contributed by atoms with van der Waals surface area (Å²) in [6, 6.07) is 0. The first-order valence-corrected chi connectivity index (χ1v) is 14.1. The molecule has 0 aliphatic heterocycles. The van der Waals surface area contributed by atoms with Crippen molar-refractivity contribution in [2.75, 3.05) is 13.7 Å². The Kier molecular flexibility index (Phi) is 10.4. The summed E-state index contributed by atoms with van der Waals surface area (Å²) in [5.74, 6) is 5.33. The van der Waals surface area contributed by atoms with Gasteiger partial charge in [0.25, 0.3) is 0 Å². The molecule has 4 saturated carbocycles. The van der Waals surface area contributed by atoms with Gasteiger partial charge in [0, 0.05) is 13.7 Å². The lowest BCUT2D eigenvalue weighted by atomic mass is 9.43. The Bertz CT molecular complexity index is 519. The summed E-state index contributed by atoms with van der Waals surface area (Å²) < 4.78 is 6.31. The summed E-state index contributed by atoms with van der Waals surface area (Å²) in [6.07, 6.45) is 15.4. The van der Waals surface area contributed by atoms with Crippen LogP contribution in [-0.4, -0.2) is 24.9 Å². The van der Waals surface area contributed by atoms with Gasteiger partial charge in [0.1, 0.15) is 0 Å². The van der Waals surface area contributed by atoms with Gasteiger partial charge >= 0.3 is 0 Å². The fourth-order valence-electron chi connectivity index (χ4n) is 8.87. The van der Waals surface area contributed by atoms with Crippen molar-refractivity contribution in [3.8, 4) is 0 Å². The highest BCUT2D eigenvalue weighted by Crippen LogP contribution is 2.68. The van der Waals surface area contributed by atoms with E-state index in [1.165, 1.54) is 64.2 Å². The topological polar surface area (TPSA) is 29.5 Å². The molecule has 4 aliphatic rings. The van der Waals surface area contributed by atoms with Crippen molar-refractivity contribution in [3.63, 3.8) is 0 Å². The molecule has 0 aromatic rings. The van der Waals surface area contributed by atoms with E-state index < -0.39 is 0 Å². The number of methoxy groups -OCH3 is 1. The van der Waals surface area contributed by atoms with Crippen LogP contribution in [0.25, 0.3) is 0 Å². The molecule has 9 unspecified atom stereocenters. The molecule has 2 nitrogen and oxygen atoms in total. The number of hydrogen-bond donors (Lipinski definition) is 1. The quantitative estimate of drug-likeness (QED) is 0.441. The summed E-state index contributed by atoms with van der Waals surface area (Å²) >= 11 is 0. The Morgan fingerprint density at radius 2 is 1.61 bits per heavy atom. The molecule has 0 spiro atoms. The molecule has 0 bridgehead atoms. The van der Waals surface area contributed by atoms with Gasteiger partial charge in [-0.25, -0.2) is 0 Å². The van der Waals surface area contributed by atoms with E-state index in [2.05, 4.69) is 20.8 Å². The van der Waals surface area contributed by atoms with Crippen LogP contribution in [0.15, 0.2) is 0 Å². The van der Waals surface area contributed by atoms with Gasteiger partial charge in [0.2, 0.25) is 0 Å². The predicted octanol–water partition coefficient (Wildman–Crippen LogP) is 8.12. The van der Waals surface area contributed by atoms with E-state index in [-0.39, 0.29) is 0 Å². The van der Waals surface area contributed by atoms with Crippen molar-refractivity contribution < 1.29 is 9.84 Å². The average Bonchev–Trinajstić information content (AvgIpc) is 3.12. The van der Waals surface area contributed by atoms with Crippen LogP contribution in [0.5, 0.6) is 0 Å². The molecule has 4 aliphatic carbocycles. The second-order valence-corrected chi connectivity index (χ2v) is 11.4. The molecule has 31 heavy (non-hydrogen) atoms. The van der Waals surface area contributed by atoms with E-state index in [0.29, 0.717) is 23.5 Å². The molecule has 0 aromatic heterocycles. The Balaban J connectivity index is 0.000000807. The largest absolute Gasteiger partial charge is 0.396 e. The number of aliphatic hydroxyl groups is 1. The number of hydrogen-bond acceptors (Lipinski definition) is 2. The monoisotopic (exact) mass is 436 g/mol. The molecule has 0 aromatic carbocycles. The van der Waals surface area contributed by atoms with Gasteiger partial charge in [-0.2, -0.15) is 0 Å². The molecule has 4 rings (SSSR count). The third-order valence-electron chi connectivity index (χ3n) is 10.3. The highest BCUT2D eigenvalue weighted by Gasteiger charge is 2.62. The van der Waals surface area contributed by atoms with Crippen LogP contribution in [0.2, 0.25) is 0 Å². The van der Waals surface area contributed by atoms with Crippen molar-refractivity contribution in [1.82, 2.24) is 0 Å². The van der Waals surface area contributed by atoms with E-state index >= 15 is 0 Å². The fraction of sp³-hybridized carbons (Fsp3) is 1.00. The van der Waals surface area contributed by atoms with Crippen molar-refractivity contribution in [2.24, 2.45) is 46.3 Å². The second-order valence-electron chi connectivity index (χ2n) is 11.4. The third kappa shape index (κ3) is 5.06. The molecule has 184 valence electrons. The molecule has 0 heterocycles. The number of rotatable bonds is 5. The van der Waals surface area contributed by atoms with Crippen LogP contribution in [0.1, 0.15) is 119 Å². The number of unbranched alkanes of at least 4 members (excludes halogenated alkanes) is 1. The van der Waals surface area contributed by atoms with Crippen LogP contribution < -0.4 is 0 Å². The molecule has 4 fully saturated rings. The number of fused-ring (bicyclic) bond motifs is 5. The van der Waals surface area contributed by atoms with Gasteiger partial charge in [0.05, 0.1) is 6.10 Å². The van der Waals surface area contributed by atoms with Crippen molar-refractivity contribution >= 4 is 0 Å². The third-order valence-corrected chi connectivity index (χ3v) is 10.3. The predicted molar refractivity (Wildman–Crippen MR) is 134 cm³/mol. The van der Waals surface area contributed by atoms with E-state index in [4.69, 9.17) is 4.74 Å². The van der Waals surface area contributed by atoms with E-state index in [0.717, 1.165) is 41.9 Å². The summed E-state index contributed by atoms with van der Waals surface area (Å²) in [6.45, 7) is 16.1. The second kappa shape index (κ2) is 11.9. The first kappa shape index (κ1) is 27.2. The normalized spacial score (nSPS) is 45.8. The van der Waals surface area contributed by atoms with Crippen LogP contribution in [0, 0.1) is 46.3 Å². The first-order valence-electron chi connectivity index (χ1n) is 14.1. The van der Waals surface area contributed by atoms with E-state index in [1.807, 2.05) is 34.8 Å². The van der Waals surface area contributed by atoms with Crippen LogP contribution in [-0.2, 0) is 4.74 Å². The smallest absolute Gasteiger partial charge is 0.0612 e. The van der Waals surface area contributed by atoms with Crippen molar-refractivity contribution in [1.29, 1.82) is 0 Å². The standard InChI is InChI=1S/C25H44O2.2C2H6/c1-17-12-13-24(2)19(15-17)8-10-20-21-11-9-18(7-5-6-14-26)25(21,3)16-22(27-4)23(20)24;2*1-2/h17-23,26H,5-16H2,1-4H3;2*1-2H3. The SMILES string of the molecule is CC.CC.COC1CC2(C)C(CCCCO)CCC2C2CCC3CC(C)CCC3(C)C12. The Labute approximate surface area is 195 Å². The van der Waals surface area contributed by atoms with Crippen LogP contribution >= 0.6 is 0 Å². The summed E-state index contributed by atoms with van der Waals surface area (Å²) in [7, 11) is 2.00. The summed E-state index contributed by atoms with van der Waals surface area (Å²) in [4.78, 5) is 0. The molecule has 0 radical (unpaired) electrons. The fourth-order valence-corrected chi connectivity index (χ4v) is 8.87. The Hall–Kier alpha value is -0.0800. The lowest BCUT2D eigenvalue weighted by molar-refractivity contribution is -0.181. The van der Waals surface area contributed by atoms with Gasteiger partial charge in [-0.3, -0.25) is 0 Å². The minimum Gasteiger partial charge on any atom is -0.396 e. The lowest BCUT2D eigenvalue weighted by Gasteiger charge is -2.63. The zero-order chi connectivity index (χ0) is 23.2. The maximum absolute atomic E-state index is 9.21. The lowest BCUT2D eigenvalue weighted by Crippen LogP contribution is -2.59. The van der Waals surface area contributed by atoms with Crippen molar-refractivity contribution in [2.45, 2.75) is 125 Å². The Morgan fingerprint density at radius 1 is 0.903 bits per heavy atom. The zero-order valence-electron chi connectivity index (χ0n) is 22.4. The van der Waals surface area contributed by atoms with Gasteiger partial charge in [-0.1, -0.05) is 61.3 Å². The minimum absolute atomic E-state index is 0.358. The highest BCUT2D eigenvalue weighted by molar-refractivity contribution is 5.11. The number of aliphatic hydroxyl groups excluding tert-OH is 1. The molecule has 9 atom stereocenters.